The Morgan fingerprint density at radius 3 is 2.24 bits per heavy atom. The predicted molar refractivity (Wildman–Crippen MR) is 131 cm³/mol. The van der Waals surface area contributed by atoms with Crippen LogP contribution in [0.2, 0.25) is 5.02 Å². The van der Waals surface area contributed by atoms with Gasteiger partial charge in [-0.15, -0.1) is 0 Å². The van der Waals surface area contributed by atoms with Crippen LogP contribution in [-0.2, 0) is 16.2 Å². The molecule has 8 nitrogen and oxygen atoms in total. The zero-order valence-corrected chi connectivity index (χ0v) is 19.7. The maximum atomic E-state index is 12.1. The summed E-state index contributed by atoms with van der Waals surface area (Å²) in [6.45, 7) is 2.05. The van der Waals surface area contributed by atoms with Gasteiger partial charge < -0.3 is 19.5 Å². The lowest BCUT2D eigenvalue weighted by atomic mass is 10.1. The molecule has 0 saturated carbocycles. The third-order valence-corrected chi connectivity index (χ3v) is 5.02. The van der Waals surface area contributed by atoms with Crippen molar-refractivity contribution in [2.75, 3.05) is 19.5 Å². The number of halogens is 1. The van der Waals surface area contributed by atoms with E-state index in [0.29, 0.717) is 45.8 Å². The number of carbonyl (C=O) groups excluding carboxylic acids is 2. The van der Waals surface area contributed by atoms with Gasteiger partial charge in [-0.25, -0.2) is 5.43 Å². The molecule has 176 valence electrons. The van der Waals surface area contributed by atoms with Gasteiger partial charge in [-0.1, -0.05) is 23.7 Å². The lowest BCUT2D eigenvalue weighted by molar-refractivity contribution is -0.136. The monoisotopic (exact) mass is 481 g/mol. The van der Waals surface area contributed by atoms with E-state index in [4.69, 9.17) is 25.8 Å². The number of ether oxygens (including phenoxy) is 3. The highest BCUT2D eigenvalue weighted by molar-refractivity contribution is 6.39. The first-order valence-electron chi connectivity index (χ1n) is 10.2. The lowest BCUT2D eigenvalue weighted by Crippen LogP contribution is -2.32. The van der Waals surface area contributed by atoms with E-state index in [0.717, 1.165) is 5.56 Å². The minimum Gasteiger partial charge on any atom is -0.497 e. The number of methoxy groups -OCH3 is 2. The number of hydrazone groups is 1. The Kier molecular flexibility index (Phi) is 8.48. The molecule has 0 fully saturated rings. The summed E-state index contributed by atoms with van der Waals surface area (Å²) in [4.78, 5) is 24.2. The molecule has 0 saturated heterocycles. The highest BCUT2D eigenvalue weighted by Gasteiger charge is 2.14. The van der Waals surface area contributed by atoms with Crippen LogP contribution in [0.5, 0.6) is 17.2 Å². The van der Waals surface area contributed by atoms with E-state index in [9.17, 15) is 9.59 Å². The lowest BCUT2D eigenvalue weighted by Gasteiger charge is -2.12. The maximum Gasteiger partial charge on any atom is 0.329 e. The van der Waals surface area contributed by atoms with Crippen LogP contribution in [-0.4, -0.2) is 31.7 Å². The van der Waals surface area contributed by atoms with Crippen LogP contribution in [0.15, 0.2) is 71.8 Å². The van der Waals surface area contributed by atoms with Crippen molar-refractivity contribution in [2.45, 2.75) is 13.5 Å². The molecule has 3 aromatic carbocycles. The Balaban J connectivity index is 1.60. The molecule has 0 bridgehead atoms. The molecule has 2 N–H and O–H groups in total. The summed E-state index contributed by atoms with van der Waals surface area (Å²) in [6, 6.07) is 19.2. The minimum atomic E-state index is -0.898. The predicted octanol–water partition coefficient (Wildman–Crippen LogP) is 4.42. The number of hydrogen-bond donors (Lipinski definition) is 2. The molecule has 0 heterocycles. The van der Waals surface area contributed by atoms with E-state index in [-0.39, 0.29) is 0 Å². The second-order valence-electron chi connectivity index (χ2n) is 7.10. The molecule has 0 spiro atoms. The summed E-state index contributed by atoms with van der Waals surface area (Å²) in [5.74, 6) is -0.0451. The van der Waals surface area contributed by atoms with Gasteiger partial charge in [-0.3, -0.25) is 9.59 Å². The SMILES string of the molecule is COc1ccc(NC(=O)C(=O)N/N=C(\C)c2ccc(OCc3ccc(Cl)cc3)c(OC)c2)cc1. The fourth-order valence-corrected chi connectivity index (χ4v) is 2.99. The number of amides is 2. The quantitative estimate of drug-likeness (QED) is 0.282. The Hall–Kier alpha value is -4.04. The summed E-state index contributed by atoms with van der Waals surface area (Å²) in [5.41, 5.74) is 4.84. The topological polar surface area (TPSA) is 98.2 Å². The number of nitrogens with zero attached hydrogens (tertiary/aromatic N) is 1. The Morgan fingerprint density at radius 1 is 0.882 bits per heavy atom. The van der Waals surface area contributed by atoms with Crippen molar-refractivity contribution in [3.63, 3.8) is 0 Å². The number of carbonyl (C=O) groups is 2. The normalized spacial score (nSPS) is 10.9. The van der Waals surface area contributed by atoms with Gasteiger partial charge in [0.1, 0.15) is 12.4 Å². The number of anilines is 1. The van der Waals surface area contributed by atoms with Gasteiger partial charge in [0, 0.05) is 16.3 Å². The van der Waals surface area contributed by atoms with Crippen molar-refractivity contribution >= 4 is 34.8 Å². The van der Waals surface area contributed by atoms with E-state index in [1.165, 1.54) is 7.11 Å². The third kappa shape index (κ3) is 6.73. The summed E-state index contributed by atoms with van der Waals surface area (Å²) < 4.78 is 16.3. The fraction of sp³-hybridized carbons (Fsp3) is 0.160. The molecule has 0 aromatic heterocycles. The molecule has 0 atom stereocenters. The van der Waals surface area contributed by atoms with Gasteiger partial charge in [0.15, 0.2) is 11.5 Å². The first-order chi connectivity index (χ1) is 16.4. The molecule has 3 rings (SSSR count). The Morgan fingerprint density at radius 2 is 1.59 bits per heavy atom. The summed E-state index contributed by atoms with van der Waals surface area (Å²) in [7, 11) is 3.07. The molecule has 2 amide bonds. The second-order valence-corrected chi connectivity index (χ2v) is 7.54. The zero-order valence-electron chi connectivity index (χ0n) is 18.9. The van der Waals surface area contributed by atoms with E-state index in [2.05, 4.69) is 15.8 Å². The van der Waals surface area contributed by atoms with Crippen molar-refractivity contribution in [3.05, 3.63) is 82.9 Å². The summed E-state index contributed by atoms with van der Waals surface area (Å²) >= 11 is 5.91. The standard InChI is InChI=1S/C25H24ClN3O5/c1-16(28-29-25(31)24(30)27-20-9-11-21(32-2)12-10-20)18-6-13-22(23(14-18)33-3)34-15-17-4-7-19(26)8-5-17/h4-14H,15H2,1-3H3,(H,27,30)(H,29,31)/b28-16+. The largest absolute Gasteiger partial charge is 0.497 e. The second kappa shape index (κ2) is 11.7. The fourth-order valence-electron chi connectivity index (χ4n) is 2.87. The molecular formula is C25H24ClN3O5. The van der Waals surface area contributed by atoms with Crippen LogP contribution in [0, 0.1) is 0 Å². The van der Waals surface area contributed by atoms with Crippen molar-refractivity contribution in [2.24, 2.45) is 5.10 Å². The molecule has 0 radical (unpaired) electrons. The Labute approximate surface area is 202 Å². The summed E-state index contributed by atoms with van der Waals surface area (Å²) in [6.07, 6.45) is 0. The van der Waals surface area contributed by atoms with Gasteiger partial charge in [0.25, 0.3) is 0 Å². The minimum absolute atomic E-state index is 0.347. The average Bonchev–Trinajstić information content (AvgIpc) is 2.87. The zero-order chi connectivity index (χ0) is 24.5. The smallest absolute Gasteiger partial charge is 0.329 e. The molecule has 34 heavy (non-hydrogen) atoms. The number of hydrogen-bond acceptors (Lipinski definition) is 6. The van der Waals surface area contributed by atoms with Crippen molar-refractivity contribution in [1.82, 2.24) is 5.43 Å². The number of rotatable bonds is 8. The molecule has 0 aliphatic carbocycles. The number of benzene rings is 3. The van der Waals surface area contributed by atoms with Crippen LogP contribution < -0.4 is 25.0 Å². The van der Waals surface area contributed by atoms with Crippen LogP contribution in [0.1, 0.15) is 18.1 Å². The van der Waals surface area contributed by atoms with Gasteiger partial charge in [0.05, 0.1) is 19.9 Å². The highest BCUT2D eigenvalue weighted by Crippen LogP contribution is 2.29. The maximum absolute atomic E-state index is 12.1. The molecular weight excluding hydrogens is 458 g/mol. The average molecular weight is 482 g/mol. The van der Waals surface area contributed by atoms with Crippen molar-refractivity contribution < 1.29 is 23.8 Å². The van der Waals surface area contributed by atoms with Gasteiger partial charge in [-0.05, 0) is 67.1 Å². The molecule has 3 aromatic rings. The third-order valence-electron chi connectivity index (χ3n) is 4.77. The first kappa shape index (κ1) is 24.6. The molecule has 0 aliphatic rings. The van der Waals surface area contributed by atoms with Gasteiger partial charge >= 0.3 is 11.8 Å². The molecule has 9 heteroatoms. The Bertz CT molecular complexity index is 1180. The van der Waals surface area contributed by atoms with Crippen LogP contribution >= 0.6 is 11.6 Å². The number of nitrogens with one attached hydrogen (secondary N) is 2. The molecule has 0 aliphatic heterocycles. The first-order valence-corrected chi connectivity index (χ1v) is 10.6. The van der Waals surface area contributed by atoms with Crippen molar-refractivity contribution in [3.8, 4) is 17.2 Å². The van der Waals surface area contributed by atoms with E-state index in [1.807, 2.05) is 12.1 Å². The van der Waals surface area contributed by atoms with Crippen LogP contribution in [0.25, 0.3) is 0 Å². The van der Waals surface area contributed by atoms with Gasteiger partial charge in [-0.2, -0.15) is 5.10 Å². The van der Waals surface area contributed by atoms with Crippen LogP contribution in [0.4, 0.5) is 5.69 Å². The van der Waals surface area contributed by atoms with E-state index in [1.54, 1.807) is 68.6 Å². The molecule has 0 unspecified atom stereocenters. The van der Waals surface area contributed by atoms with Gasteiger partial charge in [0.2, 0.25) is 0 Å². The summed E-state index contributed by atoms with van der Waals surface area (Å²) in [5, 5.41) is 7.17. The van der Waals surface area contributed by atoms with E-state index >= 15 is 0 Å². The highest BCUT2D eigenvalue weighted by atomic mass is 35.5. The van der Waals surface area contributed by atoms with Crippen molar-refractivity contribution in [1.29, 1.82) is 0 Å². The van der Waals surface area contributed by atoms with E-state index < -0.39 is 11.8 Å². The van der Waals surface area contributed by atoms with Crippen LogP contribution in [0.3, 0.4) is 0 Å².